The molecule has 17 heavy (non-hydrogen) atoms. The normalized spacial score (nSPS) is 10.2. The second-order valence-electron chi connectivity index (χ2n) is 3.77. The molecule has 0 saturated heterocycles. The largest absolute Gasteiger partial charge is 0.507 e. The van der Waals surface area contributed by atoms with Gasteiger partial charge in [-0.2, -0.15) is 5.10 Å². The Balaban J connectivity index is 2.27. The van der Waals surface area contributed by atoms with E-state index in [2.05, 4.69) is 10.4 Å². The molecule has 88 valence electrons. The Hall–Kier alpha value is -2.30. The first kappa shape index (κ1) is 11.2. The summed E-state index contributed by atoms with van der Waals surface area (Å²) in [6, 6.07) is 6.74. The Labute approximate surface area is 98.7 Å². The third kappa shape index (κ3) is 2.13. The van der Waals surface area contributed by atoms with Crippen molar-refractivity contribution >= 4 is 11.7 Å². The molecule has 5 nitrogen and oxygen atoms in total. The summed E-state index contributed by atoms with van der Waals surface area (Å²) >= 11 is 0. The Bertz CT molecular complexity index is 561. The molecule has 0 aliphatic carbocycles. The van der Waals surface area contributed by atoms with Crippen LogP contribution in [0.4, 0.5) is 5.82 Å². The molecule has 0 spiro atoms. The van der Waals surface area contributed by atoms with E-state index in [4.69, 9.17) is 0 Å². The molecule has 0 fully saturated rings. The summed E-state index contributed by atoms with van der Waals surface area (Å²) in [6.45, 7) is 1.75. The highest BCUT2D eigenvalue weighted by Crippen LogP contribution is 2.22. The fourth-order valence-corrected chi connectivity index (χ4v) is 1.52. The molecule has 1 aromatic heterocycles. The van der Waals surface area contributed by atoms with Crippen molar-refractivity contribution in [1.29, 1.82) is 0 Å². The van der Waals surface area contributed by atoms with Crippen LogP contribution in [0.3, 0.4) is 0 Å². The number of aromatic nitrogens is 2. The first-order valence-corrected chi connectivity index (χ1v) is 5.17. The van der Waals surface area contributed by atoms with Crippen LogP contribution in [-0.2, 0) is 7.05 Å². The Morgan fingerprint density at radius 1 is 1.41 bits per heavy atom. The smallest absolute Gasteiger partial charge is 0.260 e. The number of hydrogen-bond donors (Lipinski definition) is 2. The second kappa shape index (κ2) is 4.29. The maximum absolute atomic E-state index is 11.9. The predicted octanol–water partition coefficient (Wildman–Crippen LogP) is 1.69. The van der Waals surface area contributed by atoms with E-state index < -0.39 is 0 Å². The van der Waals surface area contributed by atoms with Crippen LogP contribution in [0.1, 0.15) is 15.9 Å². The van der Waals surface area contributed by atoms with Gasteiger partial charge in [0.2, 0.25) is 0 Å². The molecular weight excluding hydrogens is 218 g/mol. The van der Waals surface area contributed by atoms with E-state index in [-0.39, 0.29) is 17.2 Å². The average molecular weight is 231 g/mol. The van der Waals surface area contributed by atoms with E-state index in [1.165, 1.54) is 0 Å². The van der Waals surface area contributed by atoms with Gasteiger partial charge >= 0.3 is 0 Å². The molecule has 1 amide bonds. The number of aryl methyl sites for hydroxylation is 2. The van der Waals surface area contributed by atoms with Crippen molar-refractivity contribution in [1.82, 2.24) is 9.78 Å². The quantitative estimate of drug-likeness (QED) is 0.826. The number of benzene rings is 1. The van der Waals surface area contributed by atoms with Crippen LogP contribution in [-0.4, -0.2) is 20.8 Å². The highest BCUT2D eigenvalue weighted by atomic mass is 16.3. The van der Waals surface area contributed by atoms with Gasteiger partial charge < -0.3 is 10.4 Å². The second-order valence-corrected chi connectivity index (χ2v) is 3.77. The van der Waals surface area contributed by atoms with Gasteiger partial charge in [0.25, 0.3) is 5.91 Å². The summed E-state index contributed by atoms with van der Waals surface area (Å²) in [7, 11) is 1.73. The Morgan fingerprint density at radius 2 is 2.18 bits per heavy atom. The molecule has 0 radical (unpaired) electrons. The number of hydrogen-bond acceptors (Lipinski definition) is 3. The molecule has 1 heterocycles. The molecule has 0 bridgehead atoms. The Morgan fingerprint density at radius 3 is 2.82 bits per heavy atom. The SMILES string of the molecule is Cc1cccc(C(=O)Nc2ccnn2C)c1O. The maximum atomic E-state index is 11.9. The standard InChI is InChI=1S/C12H13N3O2/c1-8-4-3-5-9(11(8)16)12(17)14-10-6-7-13-15(10)2/h3-7,16H,1-2H3,(H,14,17). The van der Waals surface area contributed by atoms with Crippen molar-refractivity contribution in [2.45, 2.75) is 6.92 Å². The van der Waals surface area contributed by atoms with E-state index >= 15 is 0 Å². The Kier molecular flexibility index (Phi) is 2.82. The zero-order chi connectivity index (χ0) is 12.4. The zero-order valence-electron chi connectivity index (χ0n) is 9.64. The molecule has 0 aliphatic rings. The van der Waals surface area contributed by atoms with Crippen LogP contribution >= 0.6 is 0 Å². The highest BCUT2D eigenvalue weighted by molar-refractivity contribution is 6.05. The fraction of sp³-hybridized carbons (Fsp3) is 0.167. The van der Waals surface area contributed by atoms with Gasteiger partial charge in [0.05, 0.1) is 11.8 Å². The first-order valence-electron chi connectivity index (χ1n) is 5.17. The van der Waals surface area contributed by atoms with E-state index in [0.717, 1.165) is 0 Å². The number of carbonyl (C=O) groups excluding carboxylic acids is 1. The molecule has 0 saturated carbocycles. The number of aromatic hydroxyl groups is 1. The number of nitrogens with zero attached hydrogens (tertiary/aromatic N) is 2. The van der Waals surface area contributed by atoms with Crippen molar-refractivity contribution in [2.75, 3.05) is 5.32 Å². The third-order valence-corrected chi connectivity index (χ3v) is 2.54. The topological polar surface area (TPSA) is 67.2 Å². The summed E-state index contributed by atoms with van der Waals surface area (Å²) in [5, 5.41) is 16.4. The summed E-state index contributed by atoms with van der Waals surface area (Å²) in [4.78, 5) is 11.9. The van der Waals surface area contributed by atoms with E-state index in [1.54, 1.807) is 49.1 Å². The molecule has 2 rings (SSSR count). The van der Waals surface area contributed by atoms with Crippen molar-refractivity contribution in [3.8, 4) is 5.75 Å². The lowest BCUT2D eigenvalue weighted by molar-refractivity contribution is 0.102. The van der Waals surface area contributed by atoms with Crippen LogP contribution in [0.2, 0.25) is 0 Å². The van der Waals surface area contributed by atoms with Crippen molar-refractivity contribution < 1.29 is 9.90 Å². The molecule has 2 aromatic rings. The molecule has 5 heteroatoms. The summed E-state index contributed by atoms with van der Waals surface area (Å²) in [5.74, 6) is 0.234. The zero-order valence-corrected chi connectivity index (χ0v) is 9.64. The first-order chi connectivity index (χ1) is 8.09. The number of carbonyl (C=O) groups is 1. The van der Waals surface area contributed by atoms with Gasteiger partial charge in [-0.3, -0.25) is 9.48 Å². The average Bonchev–Trinajstić information content (AvgIpc) is 2.68. The summed E-state index contributed by atoms with van der Waals surface area (Å²) in [5.41, 5.74) is 0.925. The molecule has 0 aliphatic heterocycles. The molecule has 0 atom stereocenters. The number of nitrogens with one attached hydrogen (secondary N) is 1. The number of amides is 1. The summed E-state index contributed by atoms with van der Waals surface area (Å²) in [6.07, 6.45) is 1.59. The molecule has 1 aromatic carbocycles. The predicted molar refractivity (Wildman–Crippen MR) is 64.0 cm³/mol. The van der Waals surface area contributed by atoms with Gasteiger partial charge in [-0.15, -0.1) is 0 Å². The highest BCUT2D eigenvalue weighted by Gasteiger charge is 2.13. The fourth-order valence-electron chi connectivity index (χ4n) is 1.52. The van der Waals surface area contributed by atoms with Crippen LogP contribution in [0.25, 0.3) is 0 Å². The molecular formula is C12H13N3O2. The van der Waals surface area contributed by atoms with Gasteiger partial charge in [-0.1, -0.05) is 12.1 Å². The van der Waals surface area contributed by atoms with Crippen LogP contribution in [0, 0.1) is 6.92 Å². The molecule has 2 N–H and O–H groups in total. The van der Waals surface area contributed by atoms with Crippen molar-refractivity contribution in [3.05, 3.63) is 41.6 Å². The minimum Gasteiger partial charge on any atom is -0.507 e. The van der Waals surface area contributed by atoms with E-state index in [1.807, 2.05) is 0 Å². The van der Waals surface area contributed by atoms with Crippen LogP contribution in [0.5, 0.6) is 5.75 Å². The number of phenolic OH excluding ortho intramolecular Hbond substituents is 1. The lowest BCUT2D eigenvalue weighted by Crippen LogP contribution is -2.14. The monoisotopic (exact) mass is 231 g/mol. The minimum atomic E-state index is -0.352. The van der Waals surface area contributed by atoms with Gasteiger partial charge in [0.15, 0.2) is 0 Å². The van der Waals surface area contributed by atoms with Gasteiger partial charge in [0, 0.05) is 13.1 Å². The maximum Gasteiger partial charge on any atom is 0.260 e. The molecule has 0 unspecified atom stereocenters. The lowest BCUT2D eigenvalue weighted by Gasteiger charge is -2.08. The van der Waals surface area contributed by atoms with Gasteiger partial charge in [-0.05, 0) is 18.6 Å². The number of anilines is 1. The van der Waals surface area contributed by atoms with Crippen molar-refractivity contribution in [2.24, 2.45) is 7.05 Å². The van der Waals surface area contributed by atoms with Crippen molar-refractivity contribution in [3.63, 3.8) is 0 Å². The summed E-state index contributed by atoms with van der Waals surface area (Å²) < 4.78 is 1.55. The van der Waals surface area contributed by atoms with Gasteiger partial charge in [0.1, 0.15) is 11.6 Å². The van der Waals surface area contributed by atoms with Crippen LogP contribution < -0.4 is 5.32 Å². The third-order valence-electron chi connectivity index (χ3n) is 2.54. The number of para-hydroxylation sites is 1. The van der Waals surface area contributed by atoms with E-state index in [0.29, 0.717) is 11.4 Å². The lowest BCUT2D eigenvalue weighted by atomic mass is 10.1. The number of rotatable bonds is 2. The number of phenols is 1. The van der Waals surface area contributed by atoms with Crippen LogP contribution in [0.15, 0.2) is 30.5 Å². The van der Waals surface area contributed by atoms with E-state index in [9.17, 15) is 9.90 Å². The minimum absolute atomic E-state index is 0.00664. The van der Waals surface area contributed by atoms with Gasteiger partial charge in [-0.25, -0.2) is 0 Å².